The van der Waals surface area contributed by atoms with Crippen LogP contribution in [0, 0.1) is 5.41 Å². The summed E-state index contributed by atoms with van der Waals surface area (Å²) in [6.45, 7) is 15.1. The van der Waals surface area contributed by atoms with Crippen molar-refractivity contribution < 1.29 is 9.47 Å². The van der Waals surface area contributed by atoms with Gasteiger partial charge in [-0.3, -0.25) is 0 Å². The van der Waals surface area contributed by atoms with E-state index in [0.717, 1.165) is 36.2 Å². The summed E-state index contributed by atoms with van der Waals surface area (Å²) in [4.78, 5) is 0. The van der Waals surface area contributed by atoms with Gasteiger partial charge in [0.1, 0.15) is 0 Å². The highest BCUT2D eigenvalue weighted by Crippen LogP contribution is 2.42. The summed E-state index contributed by atoms with van der Waals surface area (Å²) in [5, 5.41) is 4.08. The molecule has 2 nitrogen and oxygen atoms in total. The summed E-state index contributed by atoms with van der Waals surface area (Å²) in [6, 6.07) is 0. The fraction of sp³-hybridized carbons (Fsp3) is 0.765. The number of fused-ring (bicyclic) bond motifs is 1. The molecule has 5 heteroatoms. The van der Waals surface area contributed by atoms with Crippen LogP contribution in [0.2, 0.25) is 0 Å². The van der Waals surface area contributed by atoms with Gasteiger partial charge in [0.25, 0.3) is 0 Å². The average Bonchev–Trinajstić information content (AvgIpc) is 2.76. The highest BCUT2D eigenvalue weighted by molar-refractivity contribution is 8.01. The van der Waals surface area contributed by atoms with Crippen LogP contribution in [0.3, 0.4) is 0 Å². The maximum absolute atomic E-state index is 6.09. The SMILES string of the molecule is CC(C)(C)SCC1(CSC(C)(C)C)COc2cscc2OC1. The molecule has 22 heavy (non-hydrogen) atoms. The Morgan fingerprint density at radius 1 is 0.909 bits per heavy atom. The van der Waals surface area contributed by atoms with E-state index in [0.29, 0.717) is 0 Å². The predicted molar refractivity (Wildman–Crippen MR) is 102 cm³/mol. The number of thiophene rings is 1. The highest BCUT2D eigenvalue weighted by atomic mass is 32.2. The van der Waals surface area contributed by atoms with Crippen molar-refractivity contribution in [2.45, 2.75) is 51.0 Å². The Kier molecular flexibility index (Phi) is 5.72. The third-order valence-corrected chi connectivity index (χ3v) is 7.23. The maximum atomic E-state index is 6.09. The number of ether oxygens (including phenoxy) is 2. The molecule has 1 aromatic heterocycles. The van der Waals surface area contributed by atoms with Crippen molar-refractivity contribution >= 4 is 34.9 Å². The maximum Gasteiger partial charge on any atom is 0.171 e. The van der Waals surface area contributed by atoms with Crippen molar-refractivity contribution in [3.8, 4) is 11.5 Å². The molecule has 0 aliphatic carbocycles. The Morgan fingerprint density at radius 3 is 1.68 bits per heavy atom. The van der Waals surface area contributed by atoms with Crippen LogP contribution in [-0.4, -0.2) is 34.2 Å². The summed E-state index contributed by atoms with van der Waals surface area (Å²) in [6.07, 6.45) is 0. The Labute approximate surface area is 147 Å². The minimum atomic E-state index is 0.0621. The molecule has 0 bridgehead atoms. The summed E-state index contributed by atoms with van der Waals surface area (Å²) in [7, 11) is 0. The zero-order chi connectivity index (χ0) is 16.4. The Balaban J connectivity index is 2.09. The molecule has 1 aliphatic heterocycles. The van der Waals surface area contributed by atoms with Gasteiger partial charge in [-0.15, -0.1) is 11.3 Å². The van der Waals surface area contributed by atoms with Gasteiger partial charge < -0.3 is 9.47 Å². The quantitative estimate of drug-likeness (QED) is 0.698. The van der Waals surface area contributed by atoms with Gasteiger partial charge >= 0.3 is 0 Å². The third-order valence-electron chi connectivity index (χ3n) is 3.28. The third kappa shape index (κ3) is 5.57. The number of hydrogen-bond acceptors (Lipinski definition) is 5. The molecule has 0 atom stereocenters. The minimum Gasteiger partial charge on any atom is -0.488 e. The van der Waals surface area contributed by atoms with E-state index in [1.807, 2.05) is 34.3 Å². The molecular formula is C17H28O2S3. The molecule has 2 rings (SSSR count). The van der Waals surface area contributed by atoms with E-state index < -0.39 is 0 Å². The summed E-state index contributed by atoms with van der Waals surface area (Å²) in [5.74, 6) is 3.95. The summed E-state index contributed by atoms with van der Waals surface area (Å²) >= 11 is 5.66. The van der Waals surface area contributed by atoms with Crippen LogP contribution < -0.4 is 9.47 Å². The Bertz CT molecular complexity index is 440. The van der Waals surface area contributed by atoms with Crippen LogP contribution in [0.15, 0.2) is 10.8 Å². The first kappa shape index (κ1) is 18.3. The van der Waals surface area contributed by atoms with Crippen molar-refractivity contribution in [2.75, 3.05) is 24.7 Å². The van der Waals surface area contributed by atoms with Gasteiger partial charge in [-0.1, -0.05) is 41.5 Å². The topological polar surface area (TPSA) is 18.5 Å². The van der Waals surface area contributed by atoms with Crippen LogP contribution in [-0.2, 0) is 0 Å². The standard InChI is InChI=1S/C17H28O2S3/c1-15(2,3)21-11-17(12-22-16(4,5)6)9-18-13-7-20-8-14(13)19-10-17/h7-8H,9-12H2,1-6H3. The van der Waals surface area contributed by atoms with Gasteiger partial charge in [-0.25, -0.2) is 0 Å². The first-order valence-electron chi connectivity index (χ1n) is 7.68. The first-order chi connectivity index (χ1) is 10.1. The molecule has 0 saturated carbocycles. The molecular weight excluding hydrogens is 332 g/mol. The lowest BCUT2D eigenvalue weighted by molar-refractivity contribution is 0.148. The first-order valence-corrected chi connectivity index (χ1v) is 10.6. The Hall–Kier alpha value is -0.0000000000000000555. The van der Waals surface area contributed by atoms with Crippen LogP contribution in [0.5, 0.6) is 11.5 Å². The second kappa shape index (κ2) is 6.86. The largest absolute Gasteiger partial charge is 0.488 e. The van der Waals surface area contributed by atoms with E-state index in [1.54, 1.807) is 11.3 Å². The second-order valence-electron chi connectivity index (χ2n) is 7.98. The van der Waals surface area contributed by atoms with E-state index in [-0.39, 0.29) is 14.9 Å². The fourth-order valence-electron chi connectivity index (χ4n) is 1.93. The lowest BCUT2D eigenvalue weighted by Gasteiger charge is -2.35. The summed E-state index contributed by atoms with van der Waals surface area (Å²) in [5.41, 5.74) is 0.0621. The monoisotopic (exact) mass is 360 g/mol. The molecule has 0 amide bonds. The average molecular weight is 361 g/mol. The molecule has 126 valence electrons. The molecule has 0 spiro atoms. The van der Waals surface area contributed by atoms with Crippen LogP contribution >= 0.6 is 34.9 Å². The zero-order valence-corrected chi connectivity index (χ0v) is 17.0. The molecule has 1 aliphatic rings. The summed E-state index contributed by atoms with van der Waals surface area (Å²) < 4.78 is 12.7. The highest BCUT2D eigenvalue weighted by Gasteiger charge is 2.38. The second-order valence-corrected chi connectivity index (χ2v) is 12.3. The molecule has 0 radical (unpaired) electrons. The van der Waals surface area contributed by atoms with E-state index in [2.05, 4.69) is 41.5 Å². The van der Waals surface area contributed by atoms with Gasteiger partial charge in [-0.2, -0.15) is 23.5 Å². The predicted octanol–water partition coefficient (Wildman–Crippen LogP) is 5.57. The van der Waals surface area contributed by atoms with E-state index in [4.69, 9.17) is 9.47 Å². The molecule has 0 saturated heterocycles. The van der Waals surface area contributed by atoms with E-state index in [1.165, 1.54) is 0 Å². The van der Waals surface area contributed by atoms with Crippen molar-refractivity contribution in [1.29, 1.82) is 0 Å². The van der Waals surface area contributed by atoms with Gasteiger partial charge in [0.15, 0.2) is 11.5 Å². The van der Waals surface area contributed by atoms with Crippen molar-refractivity contribution in [3.63, 3.8) is 0 Å². The van der Waals surface area contributed by atoms with Crippen molar-refractivity contribution in [3.05, 3.63) is 10.8 Å². The van der Waals surface area contributed by atoms with Crippen LogP contribution in [0.4, 0.5) is 0 Å². The lowest BCUT2D eigenvalue weighted by atomic mass is 9.95. The van der Waals surface area contributed by atoms with Gasteiger partial charge in [-0.05, 0) is 0 Å². The van der Waals surface area contributed by atoms with Gasteiger partial charge in [0.05, 0.1) is 18.6 Å². The molecule has 0 aromatic carbocycles. The van der Waals surface area contributed by atoms with Crippen molar-refractivity contribution in [2.24, 2.45) is 5.41 Å². The normalized spacial score (nSPS) is 18.1. The fourth-order valence-corrected chi connectivity index (χ4v) is 4.76. The van der Waals surface area contributed by atoms with Crippen molar-refractivity contribution in [1.82, 2.24) is 0 Å². The zero-order valence-electron chi connectivity index (χ0n) is 14.5. The molecule has 1 aromatic rings. The number of rotatable bonds is 4. The van der Waals surface area contributed by atoms with Crippen LogP contribution in [0.25, 0.3) is 0 Å². The Morgan fingerprint density at radius 2 is 1.32 bits per heavy atom. The smallest absolute Gasteiger partial charge is 0.171 e. The van der Waals surface area contributed by atoms with Crippen LogP contribution in [0.1, 0.15) is 41.5 Å². The molecule has 0 fully saturated rings. The molecule has 0 N–H and O–H groups in total. The number of thioether (sulfide) groups is 2. The minimum absolute atomic E-state index is 0.0621. The lowest BCUT2D eigenvalue weighted by Crippen LogP contribution is -2.40. The van der Waals surface area contributed by atoms with E-state index in [9.17, 15) is 0 Å². The van der Waals surface area contributed by atoms with Gasteiger partial charge in [0, 0.05) is 31.8 Å². The molecule has 0 unspecified atom stereocenters. The molecule has 2 heterocycles. The number of hydrogen-bond donors (Lipinski definition) is 0. The van der Waals surface area contributed by atoms with E-state index >= 15 is 0 Å². The van der Waals surface area contributed by atoms with Gasteiger partial charge in [0.2, 0.25) is 0 Å².